The van der Waals surface area contributed by atoms with Crippen LogP contribution in [0.1, 0.15) is 24.7 Å². The quantitative estimate of drug-likeness (QED) is 0.758. The molecule has 0 amide bonds. The maximum Gasteiger partial charge on any atom is 0.261 e. The van der Waals surface area contributed by atoms with Gasteiger partial charge in [-0.15, -0.1) is 10.2 Å². The average Bonchev–Trinajstić information content (AvgIpc) is 2.91. The first-order valence-corrected chi connectivity index (χ1v) is 6.17. The summed E-state index contributed by atoms with van der Waals surface area (Å²) in [5.74, 6) is 0.679. The number of nitrogens with two attached hydrogens (primary N) is 1. The fraction of sp³-hybridized carbons (Fsp3) is 0.231. The molecule has 0 aliphatic carbocycles. The smallest absolute Gasteiger partial charge is 0.261 e. The van der Waals surface area contributed by atoms with Crippen LogP contribution in [0.3, 0.4) is 0 Å². The molecule has 1 unspecified atom stereocenters. The zero-order valence-electron chi connectivity index (χ0n) is 10.9. The summed E-state index contributed by atoms with van der Waals surface area (Å²) in [6, 6.07) is 6.84. The molecule has 0 saturated carbocycles. The van der Waals surface area contributed by atoms with Gasteiger partial charge in [-0.3, -0.25) is 9.36 Å². The maximum atomic E-state index is 12.3. The van der Waals surface area contributed by atoms with Crippen LogP contribution in [0.4, 0.5) is 0 Å². The Morgan fingerprint density at radius 2 is 2.15 bits per heavy atom. The van der Waals surface area contributed by atoms with Crippen LogP contribution in [0, 0.1) is 0 Å². The molecule has 1 atom stereocenters. The Labute approximate surface area is 114 Å². The standard InChI is InChI=1S/C13H13N5O2/c1-8(14)12-17-16-11(20-12)6-18-7-15-10-5-3-2-4-9(10)13(18)19/h2-5,7-8H,6,14H2,1H3. The molecule has 0 bridgehead atoms. The molecule has 7 heteroatoms. The van der Waals surface area contributed by atoms with Crippen molar-refractivity contribution in [2.24, 2.45) is 5.73 Å². The number of aromatic nitrogens is 4. The zero-order valence-corrected chi connectivity index (χ0v) is 10.9. The van der Waals surface area contributed by atoms with E-state index in [9.17, 15) is 4.79 Å². The second-order valence-corrected chi connectivity index (χ2v) is 4.52. The largest absolute Gasteiger partial charge is 0.422 e. The van der Waals surface area contributed by atoms with Crippen LogP contribution < -0.4 is 11.3 Å². The highest BCUT2D eigenvalue weighted by Gasteiger charge is 2.11. The Balaban J connectivity index is 1.98. The lowest BCUT2D eigenvalue weighted by Gasteiger charge is -2.03. The summed E-state index contributed by atoms with van der Waals surface area (Å²) in [6.45, 7) is 1.93. The van der Waals surface area contributed by atoms with Crippen molar-refractivity contribution in [1.29, 1.82) is 0 Å². The molecule has 0 spiro atoms. The molecule has 2 heterocycles. The van der Waals surface area contributed by atoms with Gasteiger partial charge in [0.2, 0.25) is 11.8 Å². The predicted molar refractivity (Wildman–Crippen MR) is 72.0 cm³/mol. The topological polar surface area (TPSA) is 99.8 Å². The van der Waals surface area contributed by atoms with E-state index >= 15 is 0 Å². The van der Waals surface area contributed by atoms with Gasteiger partial charge in [0.1, 0.15) is 6.54 Å². The number of fused-ring (bicyclic) bond motifs is 1. The van der Waals surface area contributed by atoms with Crippen LogP contribution >= 0.6 is 0 Å². The molecule has 0 aliphatic heterocycles. The normalized spacial score (nSPS) is 12.7. The van der Waals surface area contributed by atoms with Gasteiger partial charge in [0.25, 0.3) is 5.56 Å². The number of para-hydroxylation sites is 1. The van der Waals surface area contributed by atoms with Crippen molar-refractivity contribution in [3.63, 3.8) is 0 Å². The number of benzene rings is 1. The van der Waals surface area contributed by atoms with E-state index in [2.05, 4.69) is 15.2 Å². The van der Waals surface area contributed by atoms with Crippen LogP contribution in [-0.4, -0.2) is 19.7 Å². The lowest BCUT2D eigenvalue weighted by Crippen LogP contribution is -2.21. The van der Waals surface area contributed by atoms with E-state index < -0.39 is 0 Å². The predicted octanol–water partition coefficient (Wildman–Crippen LogP) is 0.847. The van der Waals surface area contributed by atoms with Gasteiger partial charge < -0.3 is 10.2 Å². The molecule has 2 N–H and O–H groups in total. The Hall–Kier alpha value is -2.54. The van der Waals surface area contributed by atoms with Crippen LogP contribution in [-0.2, 0) is 6.54 Å². The molecule has 3 aromatic rings. The third-order valence-electron chi connectivity index (χ3n) is 2.91. The number of hydrogen-bond acceptors (Lipinski definition) is 6. The Bertz CT molecular complexity index is 806. The fourth-order valence-corrected chi connectivity index (χ4v) is 1.88. The van der Waals surface area contributed by atoms with Crippen molar-refractivity contribution in [2.75, 3.05) is 0 Å². The molecule has 0 aliphatic rings. The minimum Gasteiger partial charge on any atom is -0.422 e. The van der Waals surface area contributed by atoms with E-state index in [-0.39, 0.29) is 18.1 Å². The van der Waals surface area contributed by atoms with E-state index in [4.69, 9.17) is 10.2 Å². The van der Waals surface area contributed by atoms with Gasteiger partial charge in [-0.1, -0.05) is 12.1 Å². The highest BCUT2D eigenvalue weighted by Crippen LogP contribution is 2.09. The lowest BCUT2D eigenvalue weighted by atomic mass is 10.2. The van der Waals surface area contributed by atoms with Crippen LogP contribution in [0.2, 0.25) is 0 Å². The van der Waals surface area contributed by atoms with Crippen LogP contribution in [0.15, 0.2) is 39.8 Å². The van der Waals surface area contributed by atoms with E-state index in [1.165, 1.54) is 10.9 Å². The molecule has 7 nitrogen and oxygen atoms in total. The monoisotopic (exact) mass is 271 g/mol. The first-order valence-electron chi connectivity index (χ1n) is 6.17. The van der Waals surface area contributed by atoms with Crippen LogP contribution in [0.25, 0.3) is 10.9 Å². The first kappa shape index (κ1) is 12.5. The fourth-order valence-electron chi connectivity index (χ4n) is 1.88. The first-order chi connectivity index (χ1) is 9.65. The molecular weight excluding hydrogens is 258 g/mol. The van der Waals surface area contributed by atoms with Gasteiger partial charge in [0.15, 0.2) is 0 Å². The highest BCUT2D eigenvalue weighted by molar-refractivity contribution is 5.76. The number of nitrogens with zero attached hydrogens (tertiary/aromatic N) is 4. The van der Waals surface area contributed by atoms with Gasteiger partial charge >= 0.3 is 0 Å². The summed E-state index contributed by atoms with van der Waals surface area (Å²) in [5, 5.41) is 8.25. The lowest BCUT2D eigenvalue weighted by molar-refractivity contribution is 0.416. The summed E-state index contributed by atoms with van der Waals surface area (Å²) in [5.41, 5.74) is 6.17. The van der Waals surface area contributed by atoms with Crippen molar-refractivity contribution in [3.05, 3.63) is 52.7 Å². The van der Waals surface area contributed by atoms with Crippen molar-refractivity contribution in [2.45, 2.75) is 19.5 Å². The van der Waals surface area contributed by atoms with E-state index in [1.807, 2.05) is 6.07 Å². The van der Waals surface area contributed by atoms with Gasteiger partial charge in [0.05, 0.1) is 23.3 Å². The minimum atomic E-state index is -0.331. The Kier molecular flexibility index (Phi) is 3.03. The van der Waals surface area contributed by atoms with E-state index in [0.29, 0.717) is 22.7 Å². The van der Waals surface area contributed by atoms with E-state index in [0.717, 1.165) is 0 Å². The Morgan fingerprint density at radius 3 is 2.90 bits per heavy atom. The second kappa shape index (κ2) is 4.86. The molecule has 102 valence electrons. The van der Waals surface area contributed by atoms with E-state index in [1.54, 1.807) is 25.1 Å². The molecule has 3 rings (SSSR count). The van der Waals surface area contributed by atoms with Crippen molar-refractivity contribution >= 4 is 10.9 Å². The molecule has 2 aromatic heterocycles. The van der Waals surface area contributed by atoms with Gasteiger partial charge in [-0.25, -0.2) is 4.98 Å². The summed E-state index contributed by atoms with van der Waals surface area (Å²) >= 11 is 0. The summed E-state index contributed by atoms with van der Waals surface area (Å²) in [7, 11) is 0. The molecule has 0 saturated heterocycles. The summed E-state index contributed by atoms with van der Waals surface area (Å²) in [6.07, 6.45) is 1.47. The van der Waals surface area contributed by atoms with Crippen molar-refractivity contribution in [3.8, 4) is 0 Å². The summed E-state index contributed by atoms with van der Waals surface area (Å²) in [4.78, 5) is 16.5. The second-order valence-electron chi connectivity index (χ2n) is 4.52. The van der Waals surface area contributed by atoms with Gasteiger partial charge in [-0.05, 0) is 19.1 Å². The zero-order chi connectivity index (χ0) is 14.1. The van der Waals surface area contributed by atoms with Crippen molar-refractivity contribution in [1.82, 2.24) is 19.7 Å². The van der Waals surface area contributed by atoms with Crippen molar-refractivity contribution < 1.29 is 4.42 Å². The molecule has 0 radical (unpaired) electrons. The summed E-state index contributed by atoms with van der Waals surface area (Å²) < 4.78 is 6.81. The number of rotatable bonds is 3. The van der Waals surface area contributed by atoms with Gasteiger partial charge in [0, 0.05) is 0 Å². The third-order valence-corrected chi connectivity index (χ3v) is 2.91. The van der Waals surface area contributed by atoms with Crippen LogP contribution in [0.5, 0.6) is 0 Å². The average molecular weight is 271 g/mol. The molecule has 0 fully saturated rings. The highest BCUT2D eigenvalue weighted by atomic mass is 16.4. The minimum absolute atomic E-state index is 0.142. The maximum absolute atomic E-state index is 12.3. The third kappa shape index (κ3) is 2.19. The molecule has 20 heavy (non-hydrogen) atoms. The Morgan fingerprint density at radius 1 is 1.35 bits per heavy atom. The molecule has 1 aromatic carbocycles. The van der Waals surface area contributed by atoms with Gasteiger partial charge in [-0.2, -0.15) is 0 Å². The number of hydrogen-bond donors (Lipinski definition) is 1. The molecular formula is C13H13N5O2. The SMILES string of the molecule is CC(N)c1nnc(Cn2cnc3ccccc3c2=O)o1.